The molecule has 1 aromatic rings. The van der Waals surface area contributed by atoms with Crippen LogP contribution in [-0.4, -0.2) is 251 Å². The van der Waals surface area contributed by atoms with Gasteiger partial charge in [0.25, 0.3) is 0 Å². The molecule has 6 N–H and O–H groups in total. The molecular weight excluding hydrogens is 1470 g/mol. The first kappa shape index (κ1) is 107. The van der Waals surface area contributed by atoms with Crippen molar-refractivity contribution in [1.82, 2.24) is 71.1 Å². The highest BCUT2D eigenvalue weighted by Gasteiger charge is 2.45. The Morgan fingerprint density at radius 2 is 0.624 bits per heavy atom. The van der Waals surface area contributed by atoms with E-state index in [-0.39, 0.29) is 127 Å². The number of hydrogen-bond donors (Lipinski definition) is 6. The van der Waals surface area contributed by atoms with Crippen molar-refractivity contribution in [3.63, 3.8) is 0 Å². The van der Waals surface area contributed by atoms with E-state index < -0.39 is 5.41 Å². The van der Waals surface area contributed by atoms with Crippen LogP contribution in [0.25, 0.3) is 0 Å². The van der Waals surface area contributed by atoms with E-state index in [1.54, 1.807) is 4.90 Å². The zero-order chi connectivity index (χ0) is 90.4. The Kier molecular flexibility index (Phi) is 42.0. The van der Waals surface area contributed by atoms with Crippen molar-refractivity contribution in [3.05, 3.63) is 35.9 Å². The maximum atomic E-state index is 12.6. The summed E-state index contributed by atoms with van der Waals surface area (Å²) in [5.74, 6) is -0.287. The smallest absolute Gasteiger partial charge is 0.319 e. The van der Waals surface area contributed by atoms with Crippen molar-refractivity contribution in [2.75, 3.05) is 79.5 Å². The van der Waals surface area contributed by atoms with Crippen LogP contribution in [0, 0.1) is 43.3 Å². The van der Waals surface area contributed by atoms with Crippen LogP contribution in [0.1, 0.15) is 311 Å². The molecule has 6 atom stereocenters. The number of carbonyl (C=O) groups is 10. The van der Waals surface area contributed by atoms with Crippen LogP contribution < -0.4 is 31.9 Å². The molecular formula is C93H172N14O10. The molecule has 0 radical (unpaired) electrons. The third-order valence-corrected chi connectivity index (χ3v) is 22.6. The fourth-order valence-electron chi connectivity index (χ4n) is 14.8. The molecule has 6 fully saturated rings. The maximum absolute atomic E-state index is 12.6. The van der Waals surface area contributed by atoms with Crippen LogP contribution >= 0.6 is 0 Å². The lowest BCUT2D eigenvalue weighted by Gasteiger charge is -2.41. The van der Waals surface area contributed by atoms with Crippen molar-refractivity contribution in [1.29, 1.82) is 0 Å². The SMILES string of the molecule is CC(C)N[C@H](CN1C(=O)CC(C)(C)CC1=O)C(C)(C)C.CC(C)N[C@H](CN1C(=O)CC(c2ccccc2)CC1=O)C(C)(C)C.CC(C)N[C@H](CN1C(=O)CCC(C)(C)C1=O)C(C)(C)C.CC(C)N[C@H](CN1C(=O)CCCC1=O)C(C)(C)C.CC(C)N[C@H](CN1CCCN(C)C1=O)C(C)(C)C.CC(C)N[C@H](CN1CCN(C)C1=O)C(C)(C)C. The van der Waals surface area contributed by atoms with Gasteiger partial charge >= 0.3 is 12.1 Å². The highest BCUT2D eigenvalue weighted by atomic mass is 16.2. The van der Waals surface area contributed by atoms with Gasteiger partial charge in [0.05, 0.1) is 0 Å². The first-order chi connectivity index (χ1) is 53.2. The zero-order valence-electron chi connectivity index (χ0n) is 80.7. The lowest BCUT2D eigenvalue weighted by Crippen LogP contribution is -2.57. The summed E-state index contributed by atoms with van der Waals surface area (Å²) in [5, 5.41) is 21.1. The topological polar surface area (TPSA) is 269 Å². The number of imide groups is 4. The second-order valence-corrected chi connectivity index (χ2v) is 43.9. The van der Waals surface area contributed by atoms with E-state index in [1.807, 2.05) is 86.8 Å². The molecule has 24 nitrogen and oxygen atoms in total. The average Bonchev–Trinajstić information content (AvgIpc) is 1.42. The molecule has 7 rings (SSSR count). The molecule has 6 aliphatic rings. The van der Waals surface area contributed by atoms with Crippen molar-refractivity contribution in [2.45, 2.75) is 378 Å². The van der Waals surface area contributed by atoms with Crippen LogP contribution in [-0.2, 0) is 38.4 Å². The van der Waals surface area contributed by atoms with Crippen LogP contribution in [0.5, 0.6) is 0 Å². The molecule has 6 aliphatic heterocycles. The molecule has 6 saturated heterocycles. The molecule has 0 spiro atoms. The third kappa shape index (κ3) is 37.5. The summed E-state index contributed by atoms with van der Waals surface area (Å²) in [4.78, 5) is 135. The Hall–Kier alpha value is -5.92. The predicted molar refractivity (Wildman–Crippen MR) is 478 cm³/mol. The lowest BCUT2D eigenvalue weighted by atomic mass is 9.80. The summed E-state index contributed by atoms with van der Waals surface area (Å²) in [7, 11) is 3.75. The average molecular weight is 1650 g/mol. The van der Waals surface area contributed by atoms with Crippen molar-refractivity contribution in [2.24, 2.45) is 43.3 Å². The number of nitrogens with one attached hydrogen (secondary N) is 6. The molecule has 674 valence electrons. The van der Waals surface area contributed by atoms with Gasteiger partial charge in [-0.15, -0.1) is 0 Å². The van der Waals surface area contributed by atoms with Gasteiger partial charge < -0.3 is 51.5 Å². The van der Waals surface area contributed by atoms with Gasteiger partial charge in [-0.3, -0.25) is 58.0 Å². The van der Waals surface area contributed by atoms with E-state index in [2.05, 4.69) is 240 Å². The Morgan fingerprint density at radius 3 is 0.940 bits per heavy atom. The summed E-state index contributed by atoms with van der Waals surface area (Å²) in [6.45, 7) is 79.0. The standard InChI is InChI=1S/C20H30N2O2.2C16H30N2O2.C14H29N3O.C14H26N2O2.C13H27N3O/c1-14(2)21-17(20(3,4)5)13-22-18(23)11-16(12-19(22)24)15-9-7-6-8-10-15;1-11(2)17-12(15(3,4)5)10-18-13(19)8-16(6,7)9-14(18)20;1-11(2)17-12(15(3,4)5)10-18-13(19)8-9-16(6,7)14(18)20;1-11(2)15-12(14(3,4)5)10-17-9-7-8-16(6)13(17)18;1-10(2)15-11(14(3,4)5)9-16-12(17)7-6-8-13(16)18;1-10(2)14-11(13(3,4)5)9-16-8-7-15(6)12(16)17/h6-10,14,16-17,21H,11-13H2,1-5H3;2*11-12,17H,8-10H2,1-7H3;11-12,15H,7-10H2,1-6H3;10-11,15H,6-9H2,1-5H3;10-11,14H,7-9H2,1-6H3/t17-;3*12-;2*11-/m111111/s1. The van der Waals surface area contributed by atoms with E-state index in [0.29, 0.717) is 132 Å². The first-order valence-electron chi connectivity index (χ1n) is 44.2. The van der Waals surface area contributed by atoms with Crippen LogP contribution in [0.15, 0.2) is 30.3 Å². The van der Waals surface area contributed by atoms with E-state index in [9.17, 15) is 47.9 Å². The van der Waals surface area contributed by atoms with Crippen molar-refractivity contribution in [3.8, 4) is 0 Å². The van der Waals surface area contributed by atoms with Gasteiger partial charge in [0.2, 0.25) is 47.3 Å². The minimum atomic E-state index is -0.422. The molecule has 0 bridgehead atoms. The Bertz CT molecular complexity index is 3260. The number of urea groups is 2. The van der Waals surface area contributed by atoms with Crippen molar-refractivity contribution >= 4 is 59.3 Å². The van der Waals surface area contributed by atoms with Gasteiger partial charge in [0.15, 0.2) is 0 Å². The highest BCUT2D eigenvalue weighted by molar-refractivity contribution is 6.01. The summed E-state index contributed by atoms with van der Waals surface area (Å²) in [6, 6.07) is 13.4. The van der Waals surface area contributed by atoms with E-state index >= 15 is 0 Å². The second-order valence-electron chi connectivity index (χ2n) is 43.9. The number of nitrogens with zero attached hydrogens (tertiary/aromatic N) is 8. The van der Waals surface area contributed by atoms with Gasteiger partial charge in [0, 0.05) is 208 Å². The molecule has 1 aromatic carbocycles. The van der Waals surface area contributed by atoms with E-state index in [1.165, 1.54) is 19.6 Å². The highest BCUT2D eigenvalue weighted by Crippen LogP contribution is 2.36. The number of carbonyl (C=O) groups excluding carboxylic acids is 10. The summed E-state index contributed by atoms with van der Waals surface area (Å²) < 4.78 is 0. The minimum Gasteiger partial charge on any atom is -0.328 e. The minimum absolute atomic E-state index is 0.00219. The monoisotopic (exact) mass is 1650 g/mol. The molecule has 12 amide bonds. The van der Waals surface area contributed by atoms with Gasteiger partial charge in [-0.2, -0.15) is 0 Å². The molecule has 0 saturated carbocycles. The third-order valence-electron chi connectivity index (χ3n) is 22.6. The van der Waals surface area contributed by atoms with Crippen LogP contribution in [0.4, 0.5) is 9.59 Å². The van der Waals surface area contributed by atoms with E-state index in [0.717, 1.165) is 51.3 Å². The quantitative estimate of drug-likeness (QED) is 0.0497. The Morgan fingerprint density at radius 1 is 0.342 bits per heavy atom. The number of piperidine rings is 4. The normalized spacial score (nSPS) is 19.9. The van der Waals surface area contributed by atoms with Crippen LogP contribution in [0.3, 0.4) is 0 Å². The lowest BCUT2D eigenvalue weighted by molar-refractivity contribution is -0.157. The fourth-order valence-corrected chi connectivity index (χ4v) is 14.8. The predicted octanol–water partition coefficient (Wildman–Crippen LogP) is 14.3. The number of benzene rings is 1. The second kappa shape index (κ2) is 45.8. The molecule has 0 aromatic heterocycles. The number of rotatable bonds is 25. The van der Waals surface area contributed by atoms with Crippen molar-refractivity contribution < 1.29 is 47.9 Å². The summed E-state index contributed by atoms with van der Waals surface area (Å²) in [5.41, 5.74) is 0.744. The Balaban J connectivity index is 0.000000478. The maximum Gasteiger partial charge on any atom is 0.319 e. The molecule has 0 unspecified atom stereocenters. The largest absolute Gasteiger partial charge is 0.328 e. The molecule has 24 heteroatoms. The molecule has 6 heterocycles. The number of likely N-dealkylation sites (tertiary alicyclic amines) is 4. The fraction of sp³-hybridized carbons (Fsp3) is 0.828. The number of hydrogen-bond acceptors (Lipinski definition) is 16. The molecule has 0 aliphatic carbocycles. The first-order valence-corrected chi connectivity index (χ1v) is 44.2. The van der Waals surface area contributed by atoms with Gasteiger partial charge in [-0.05, 0) is 62.7 Å². The van der Waals surface area contributed by atoms with Gasteiger partial charge in [-0.1, -0.05) is 266 Å². The summed E-state index contributed by atoms with van der Waals surface area (Å²) >= 11 is 0. The number of likely N-dealkylation sites (N-methyl/N-ethyl adjacent to an activating group) is 1. The van der Waals surface area contributed by atoms with E-state index in [4.69, 9.17) is 0 Å². The Labute approximate surface area is 711 Å². The summed E-state index contributed by atoms with van der Waals surface area (Å²) in [6.07, 6.45) is 5.63. The number of amides is 12. The van der Waals surface area contributed by atoms with Crippen LogP contribution in [0.2, 0.25) is 0 Å². The van der Waals surface area contributed by atoms with Gasteiger partial charge in [-0.25, -0.2) is 9.59 Å². The zero-order valence-corrected chi connectivity index (χ0v) is 80.7. The van der Waals surface area contributed by atoms with Gasteiger partial charge in [0.1, 0.15) is 0 Å². The molecule has 117 heavy (non-hydrogen) atoms.